The van der Waals surface area contributed by atoms with Crippen LogP contribution >= 0.6 is 11.6 Å². The van der Waals surface area contributed by atoms with Crippen LogP contribution < -0.4 is 5.84 Å². The van der Waals surface area contributed by atoms with Crippen molar-refractivity contribution < 1.29 is 5.11 Å². The van der Waals surface area contributed by atoms with Gasteiger partial charge in [0.2, 0.25) is 0 Å². The van der Waals surface area contributed by atoms with Crippen LogP contribution in [0, 0.1) is 13.8 Å². The summed E-state index contributed by atoms with van der Waals surface area (Å²) in [6.07, 6.45) is 3.82. The van der Waals surface area contributed by atoms with E-state index in [2.05, 4.69) is 10.1 Å². The third-order valence-corrected chi connectivity index (χ3v) is 3.38. The summed E-state index contributed by atoms with van der Waals surface area (Å²) in [5.74, 6) is 5.20. The first-order chi connectivity index (χ1) is 9.10. The molecule has 2 rings (SSSR count). The highest BCUT2D eigenvalue weighted by Crippen LogP contribution is 2.32. The third-order valence-electron chi connectivity index (χ3n) is 2.99. The standard InChI is InChI=1S/C14H14ClN3O/c1-8-3-4-9(2)14-12(8)13(15)10(7-17-16)11(18-14)5-6-19/h3-7,19H,16H2,1-2H3/b6-5+,17-7+. The molecule has 19 heavy (non-hydrogen) atoms. The first kappa shape index (κ1) is 13.4. The second-order valence-corrected chi connectivity index (χ2v) is 4.62. The van der Waals surface area contributed by atoms with Crippen LogP contribution in [0.3, 0.4) is 0 Å². The number of aryl methyl sites for hydroxylation is 2. The Bertz CT molecular complexity index is 693. The van der Waals surface area contributed by atoms with Gasteiger partial charge in [0.1, 0.15) is 0 Å². The monoisotopic (exact) mass is 275 g/mol. The maximum Gasteiger partial charge on any atom is 0.0813 e. The third kappa shape index (κ3) is 2.27. The number of benzene rings is 1. The van der Waals surface area contributed by atoms with Crippen molar-refractivity contribution in [2.75, 3.05) is 0 Å². The van der Waals surface area contributed by atoms with E-state index in [0.717, 1.165) is 28.3 Å². The lowest BCUT2D eigenvalue weighted by Crippen LogP contribution is -1.99. The summed E-state index contributed by atoms with van der Waals surface area (Å²) < 4.78 is 0. The fourth-order valence-electron chi connectivity index (χ4n) is 2.04. The number of fused-ring (bicyclic) bond motifs is 1. The summed E-state index contributed by atoms with van der Waals surface area (Å²) in [5.41, 5.74) is 3.99. The van der Waals surface area contributed by atoms with Crippen LogP contribution in [0.1, 0.15) is 22.4 Å². The number of hydrazone groups is 1. The van der Waals surface area contributed by atoms with Crippen molar-refractivity contribution in [3.63, 3.8) is 0 Å². The van der Waals surface area contributed by atoms with E-state index in [1.807, 2.05) is 26.0 Å². The Morgan fingerprint density at radius 3 is 2.63 bits per heavy atom. The lowest BCUT2D eigenvalue weighted by atomic mass is 10.0. The predicted molar refractivity (Wildman–Crippen MR) is 79.7 cm³/mol. The van der Waals surface area contributed by atoms with E-state index >= 15 is 0 Å². The van der Waals surface area contributed by atoms with Gasteiger partial charge >= 0.3 is 0 Å². The molecule has 0 saturated heterocycles. The molecule has 98 valence electrons. The van der Waals surface area contributed by atoms with E-state index in [0.29, 0.717) is 16.3 Å². The van der Waals surface area contributed by atoms with Gasteiger partial charge in [-0.25, -0.2) is 4.98 Å². The smallest absolute Gasteiger partial charge is 0.0813 e. The average molecular weight is 276 g/mol. The van der Waals surface area contributed by atoms with E-state index in [1.165, 1.54) is 12.3 Å². The lowest BCUT2D eigenvalue weighted by Gasteiger charge is -2.11. The number of hydrogen-bond acceptors (Lipinski definition) is 4. The predicted octanol–water partition coefficient (Wildman–Crippen LogP) is 3.33. The molecule has 0 unspecified atom stereocenters. The van der Waals surface area contributed by atoms with Gasteiger partial charge in [0.25, 0.3) is 0 Å². The molecule has 2 aromatic rings. The molecule has 0 aliphatic heterocycles. The molecule has 0 atom stereocenters. The lowest BCUT2D eigenvalue weighted by molar-refractivity contribution is 0.478. The Labute approximate surface area is 116 Å². The number of rotatable bonds is 2. The van der Waals surface area contributed by atoms with Gasteiger partial charge in [-0.3, -0.25) is 0 Å². The highest BCUT2D eigenvalue weighted by atomic mass is 35.5. The minimum absolute atomic E-state index is 0.530. The number of pyridine rings is 1. The largest absolute Gasteiger partial charge is 0.516 e. The van der Waals surface area contributed by atoms with Crippen molar-refractivity contribution in [1.82, 2.24) is 4.98 Å². The van der Waals surface area contributed by atoms with E-state index < -0.39 is 0 Å². The molecule has 4 nitrogen and oxygen atoms in total. The van der Waals surface area contributed by atoms with Crippen LogP contribution in [0.4, 0.5) is 0 Å². The summed E-state index contributed by atoms with van der Waals surface area (Å²) in [6.45, 7) is 3.94. The maximum atomic E-state index is 8.96. The van der Waals surface area contributed by atoms with Crippen LogP contribution in [0.25, 0.3) is 17.0 Å². The Morgan fingerprint density at radius 2 is 2.00 bits per heavy atom. The molecule has 1 aromatic heterocycles. The SMILES string of the molecule is Cc1ccc(C)c2c(Cl)c(/C=N/N)c(/C=C/O)nc12. The first-order valence-electron chi connectivity index (χ1n) is 5.73. The van der Waals surface area contributed by atoms with Crippen molar-refractivity contribution in [2.24, 2.45) is 10.9 Å². The highest BCUT2D eigenvalue weighted by molar-refractivity contribution is 6.38. The van der Waals surface area contributed by atoms with Gasteiger partial charge in [0.15, 0.2) is 0 Å². The quantitative estimate of drug-likeness (QED) is 0.382. The van der Waals surface area contributed by atoms with E-state index in [1.54, 1.807) is 0 Å². The number of nitrogens with two attached hydrogens (primary N) is 1. The normalized spacial score (nSPS) is 11.9. The molecule has 0 bridgehead atoms. The fourth-order valence-corrected chi connectivity index (χ4v) is 2.42. The Morgan fingerprint density at radius 1 is 1.32 bits per heavy atom. The van der Waals surface area contributed by atoms with Crippen LogP contribution in [-0.2, 0) is 0 Å². The molecule has 3 N–H and O–H groups in total. The second-order valence-electron chi connectivity index (χ2n) is 4.24. The molecule has 5 heteroatoms. The van der Waals surface area contributed by atoms with E-state index in [4.69, 9.17) is 22.6 Å². The van der Waals surface area contributed by atoms with Crippen LogP contribution in [-0.4, -0.2) is 16.3 Å². The topological polar surface area (TPSA) is 71.5 Å². The summed E-state index contributed by atoms with van der Waals surface area (Å²) in [4.78, 5) is 4.53. The second kappa shape index (κ2) is 5.28. The number of aliphatic hydroxyl groups is 1. The average Bonchev–Trinajstić information content (AvgIpc) is 2.38. The van der Waals surface area contributed by atoms with Gasteiger partial charge in [0, 0.05) is 10.9 Å². The molecule has 0 aliphatic carbocycles. The molecule has 0 fully saturated rings. The molecule has 0 aliphatic rings. The number of halogens is 1. The highest BCUT2D eigenvalue weighted by Gasteiger charge is 2.14. The summed E-state index contributed by atoms with van der Waals surface area (Å²) >= 11 is 6.44. The first-order valence-corrected chi connectivity index (χ1v) is 6.11. The molecule has 0 amide bonds. The zero-order valence-corrected chi connectivity index (χ0v) is 11.4. The molecule has 0 radical (unpaired) electrons. The van der Waals surface area contributed by atoms with Gasteiger partial charge in [0.05, 0.1) is 28.7 Å². The van der Waals surface area contributed by atoms with E-state index in [-0.39, 0.29) is 0 Å². The van der Waals surface area contributed by atoms with Gasteiger partial charge in [-0.15, -0.1) is 0 Å². The van der Waals surface area contributed by atoms with Crippen molar-refractivity contribution >= 4 is 34.8 Å². The number of nitrogens with zero attached hydrogens (tertiary/aromatic N) is 2. The summed E-state index contributed by atoms with van der Waals surface area (Å²) in [5, 5.41) is 13.9. The van der Waals surface area contributed by atoms with Crippen LogP contribution in [0.2, 0.25) is 5.02 Å². The molecule has 0 saturated carbocycles. The zero-order valence-electron chi connectivity index (χ0n) is 10.7. The fraction of sp³-hybridized carbons (Fsp3) is 0.143. The van der Waals surface area contributed by atoms with Crippen LogP contribution in [0.5, 0.6) is 0 Å². The Hall–Kier alpha value is -2.07. The molecule has 1 aromatic carbocycles. The van der Waals surface area contributed by atoms with Gasteiger partial charge in [-0.2, -0.15) is 5.10 Å². The van der Waals surface area contributed by atoms with E-state index in [9.17, 15) is 0 Å². The molecular weight excluding hydrogens is 262 g/mol. The van der Waals surface area contributed by atoms with Gasteiger partial charge in [-0.1, -0.05) is 23.7 Å². The zero-order chi connectivity index (χ0) is 14.0. The minimum atomic E-state index is 0.530. The number of aromatic nitrogens is 1. The summed E-state index contributed by atoms with van der Waals surface area (Å²) in [6, 6.07) is 3.99. The minimum Gasteiger partial charge on any atom is -0.516 e. The number of hydrogen-bond donors (Lipinski definition) is 2. The van der Waals surface area contributed by atoms with Crippen molar-refractivity contribution in [3.05, 3.63) is 45.8 Å². The van der Waals surface area contributed by atoms with Crippen LogP contribution in [0.15, 0.2) is 23.5 Å². The summed E-state index contributed by atoms with van der Waals surface area (Å²) in [7, 11) is 0. The van der Waals surface area contributed by atoms with Crippen molar-refractivity contribution in [3.8, 4) is 0 Å². The maximum absolute atomic E-state index is 8.96. The molecular formula is C14H14ClN3O. The molecule has 0 spiro atoms. The Kier molecular flexibility index (Phi) is 3.71. The Balaban J connectivity index is 2.97. The number of aliphatic hydroxyl groups excluding tert-OH is 1. The van der Waals surface area contributed by atoms with Gasteiger partial charge in [-0.05, 0) is 31.1 Å². The van der Waals surface area contributed by atoms with Gasteiger partial charge < -0.3 is 10.9 Å². The van der Waals surface area contributed by atoms with Crippen molar-refractivity contribution in [1.29, 1.82) is 0 Å². The molecule has 1 heterocycles. The van der Waals surface area contributed by atoms with Crippen molar-refractivity contribution in [2.45, 2.75) is 13.8 Å².